The lowest BCUT2D eigenvalue weighted by Gasteiger charge is -2.15. The predicted molar refractivity (Wildman–Crippen MR) is 85.9 cm³/mol. The summed E-state index contributed by atoms with van der Waals surface area (Å²) in [5.41, 5.74) is 1.45. The van der Waals surface area contributed by atoms with Crippen LogP contribution in [0, 0.1) is 0 Å². The second kappa shape index (κ2) is 6.57. The molecule has 0 unspecified atom stereocenters. The lowest BCUT2D eigenvalue weighted by Crippen LogP contribution is -2.44. The van der Waals surface area contributed by atoms with Crippen LogP contribution in [0.1, 0.15) is 24.3 Å². The molecule has 1 aliphatic heterocycles. The monoisotopic (exact) mass is 327 g/mol. The molecule has 0 fully saturated rings. The molecule has 0 aliphatic carbocycles. The lowest BCUT2D eigenvalue weighted by molar-refractivity contribution is -0.140. The molecule has 2 heterocycles. The van der Waals surface area contributed by atoms with Crippen molar-refractivity contribution in [3.63, 3.8) is 0 Å². The van der Waals surface area contributed by atoms with Crippen molar-refractivity contribution in [1.82, 2.24) is 10.6 Å². The summed E-state index contributed by atoms with van der Waals surface area (Å²) in [5.74, 6) is -1.37. The molecule has 3 amide bonds. The van der Waals surface area contributed by atoms with E-state index in [0.29, 0.717) is 17.9 Å². The maximum atomic E-state index is 12.5. The molecular weight excluding hydrogens is 310 g/mol. The van der Waals surface area contributed by atoms with E-state index < -0.39 is 17.9 Å². The molecule has 0 bridgehead atoms. The smallest absolute Gasteiger partial charge is 0.310 e. The van der Waals surface area contributed by atoms with Crippen molar-refractivity contribution in [3.05, 3.63) is 54.0 Å². The third-order valence-electron chi connectivity index (χ3n) is 3.85. The Kier molecular flexibility index (Phi) is 4.33. The zero-order valence-corrected chi connectivity index (χ0v) is 13.1. The molecule has 2 N–H and O–H groups in total. The van der Waals surface area contributed by atoms with Gasteiger partial charge in [-0.3, -0.25) is 14.4 Å². The Morgan fingerprint density at radius 1 is 1.17 bits per heavy atom. The predicted octanol–water partition coefficient (Wildman–Crippen LogP) is 1.12. The van der Waals surface area contributed by atoms with Crippen LogP contribution in [0.25, 0.3) is 0 Å². The molecule has 0 saturated heterocycles. The van der Waals surface area contributed by atoms with E-state index in [-0.39, 0.29) is 12.5 Å². The number of rotatable bonds is 4. The molecule has 7 heteroatoms. The van der Waals surface area contributed by atoms with Crippen LogP contribution >= 0.6 is 0 Å². The standard InChI is InChI=1S/C17H17N3O4/c1-2-20-13-8-4-3-7-12(13)14(17(20)23)19-16(22)15(21)18-10-11-6-5-9-24-11/h3-9,14H,2,10H2,1H3,(H,18,21)(H,19,22)/t14-/m0/s1. The normalized spacial score (nSPS) is 16.0. The van der Waals surface area contributed by atoms with E-state index in [2.05, 4.69) is 10.6 Å². The Bertz CT molecular complexity index is 770. The zero-order chi connectivity index (χ0) is 17.1. The van der Waals surface area contributed by atoms with E-state index in [1.165, 1.54) is 6.26 Å². The summed E-state index contributed by atoms with van der Waals surface area (Å²) < 4.78 is 5.08. The van der Waals surface area contributed by atoms with Crippen molar-refractivity contribution in [3.8, 4) is 0 Å². The molecule has 7 nitrogen and oxygen atoms in total. The molecule has 1 aliphatic rings. The Balaban J connectivity index is 1.67. The van der Waals surface area contributed by atoms with Gasteiger partial charge in [-0.25, -0.2) is 0 Å². The van der Waals surface area contributed by atoms with E-state index in [4.69, 9.17) is 4.42 Å². The first-order valence-corrected chi connectivity index (χ1v) is 7.63. The highest BCUT2D eigenvalue weighted by atomic mass is 16.3. The van der Waals surface area contributed by atoms with E-state index in [1.54, 1.807) is 29.2 Å². The van der Waals surface area contributed by atoms with Crippen LogP contribution in [0.5, 0.6) is 0 Å². The number of furan rings is 1. The second-order valence-corrected chi connectivity index (χ2v) is 5.31. The molecular formula is C17H17N3O4. The van der Waals surface area contributed by atoms with Gasteiger partial charge in [0, 0.05) is 17.8 Å². The summed E-state index contributed by atoms with van der Waals surface area (Å²) in [6.07, 6.45) is 1.48. The SMILES string of the molecule is CCN1C(=O)[C@@H](NC(=O)C(=O)NCc2ccco2)c2ccccc21. The van der Waals surface area contributed by atoms with E-state index in [1.807, 2.05) is 19.1 Å². The molecule has 1 aromatic heterocycles. The highest BCUT2D eigenvalue weighted by Crippen LogP contribution is 2.35. The van der Waals surface area contributed by atoms with Gasteiger partial charge in [-0.1, -0.05) is 18.2 Å². The van der Waals surface area contributed by atoms with Crippen LogP contribution in [0.2, 0.25) is 0 Å². The minimum absolute atomic E-state index is 0.107. The van der Waals surface area contributed by atoms with Gasteiger partial charge >= 0.3 is 11.8 Å². The number of para-hydroxylation sites is 1. The van der Waals surface area contributed by atoms with Gasteiger partial charge in [0.1, 0.15) is 11.8 Å². The molecule has 24 heavy (non-hydrogen) atoms. The number of carbonyl (C=O) groups is 3. The van der Waals surface area contributed by atoms with Crippen molar-refractivity contribution >= 4 is 23.4 Å². The largest absolute Gasteiger partial charge is 0.467 e. The first-order chi connectivity index (χ1) is 11.6. The lowest BCUT2D eigenvalue weighted by atomic mass is 10.1. The zero-order valence-electron chi connectivity index (χ0n) is 13.1. The maximum Gasteiger partial charge on any atom is 0.310 e. The van der Waals surface area contributed by atoms with Gasteiger partial charge in [0.15, 0.2) is 0 Å². The number of likely N-dealkylation sites (N-methyl/N-ethyl adjacent to an activating group) is 1. The summed E-state index contributed by atoms with van der Waals surface area (Å²) in [7, 11) is 0. The van der Waals surface area contributed by atoms with Gasteiger partial charge < -0.3 is 20.0 Å². The first kappa shape index (κ1) is 15.8. The number of carbonyl (C=O) groups excluding carboxylic acids is 3. The third kappa shape index (κ3) is 2.88. The van der Waals surface area contributed by atoms with Gasteiger partial charge in [0.25, 0.3) is 5.91 Å². The van der Waals surface area contributed by atoms with Crippen LogP contribution < -0.4 is 15.5 Å². The number of fused-ring (bicyclic) bond motifs is 1. The third-order valence-corrected chi connectivity index (χ3v) is 3.85. The summed E-state index contributed by atoms with van der Waals surface area (Å²) in [5, 5.41) is 4.96. The second-order valence-electron chi connectivity index (χ2n) is 5.31. The number of hydrogen-bond donors (Lipinski definition) is 2. The number of benzene rings is 1. The number of nitrogens with one attached hydrogen (secondary N) is 2. The first-order valence-electron chi connectivity index (χ1n) is 7.63. The Labute approximate surface area is 138 Å². The van der Waals surface area contributed by atoms with Crippen molar-refractivity contribution in [2.45, 2.75) is 19.5 Å². The van der Waals surface area contributed by atoms with Crippen molar-refractivity contribution in [2.24, 2.45) is 0 Å². The van der Waals surface area contributed by atoms with Crippen LogP contribution in [-0.4, -0.2) is 24.3 Å². The Morgan fingerprint density at radius 3 is 2.67 bits per heavy atom. The fourth-order valence-electron chi connectivity index (χ4n) is 2.71. The fourth-order valence-corrected chi connectivity index (χ4v) is 2.71. The highest BCUT2D eigenvalue weighted by Gasteiger charge is 2.37. The molecule has 124 valence electrons. The molecule has 0 saturated carbocycles. The van der Waals surface area contributed by atoms with E-state index in [0.717, 1.165) is 5.69 Å². The number of amides is 3. The van der Waals surface area contributed by atoms with Crippen LogP contribution in [0.3, 0.4) is 0 Å². The van der Waals surface area contributed by atoms with E-state index in [9.17, 15) is 14.4 Å². The van der Waals surface area contributed by atoms with Gasteiger partial charge in [-0.15, -0.1) is 0 Å². The van der Waals surface area contributed by atoms with Crippen molar-refractivity contribution < 1.29 is 18.8 Å². The van der Waals surface area contributed by atoms with Crippen molar-refractivity contribution in [2.75, 3.05) is 11.4 Å². The average molecular weight is 327 g/mol. The quantitative estimate of drug-likeness (QED) is 0.823. The van der Waals surface area contributed by atoms with Gasteiger partial charge in [-0.05, 0) is 25.1 Å². The van der Waals surface area contributed by atoms with Gasteiger partial charge in [-0.2, -0.15) is 0 Å². The molecule has 1 atom stereocenters. The number of anilines is 1. The van der Waals surface area contributed by atoms with E-state index >= 15 is 0 Å². The summed E-state index contributed by atoms with van der Waals surface area (Å²) in [6.45, 7) is 2.46. The summed E-state index contributed by atoms with van der Waals surface area (Å²) >= 11 is 0. The van der Waals surface area contributed by atoms with Crippen LogP contribution in [0.4, 0.5) is 5.69 Å². The number of nitrogens with zero attached hydrogens (tertiary/aromatic N) is 1. The number of hydrogen-bond acceptors (Lipinski definition) is 4. The highest BCUT2D eigenvalue weighted by molar-refractivity contribution is 6.35. The molecule has 2 aromatic rings. The summed E-state index contributed by atoms with van der Waals surface area (Å²) in [6, 6.07) is 9.75. The van der Waals surface area contributed by atoms with Crippen molar-refractivity contribution in [1.29, 1.82) is 0 Å². The molecule has 3 rings (SSSR count). The van der Waals surface area contributed by atoms with Gasteiger partial charge in [0.05, 0.1) is 12.8 Å². The van der Waals surface area contributed by atoms with Crippen LogP contribution in [0.15, 0.2) is 47.1 Å². The molecule has 0 spiro atoms. The molecule has 0 radical (unpaired) electrons. The minimum atomic E-state index is -0.854. The maximum absolute atomic E-state index is 12.5. The Hall–Kier alpha value is -3.09. The topological polar surface area (TPSA) is 91.7 Å². The van der Waals surface area contributed by atoms with Crippen LogP contribution in [-0.2, 0) is 20.9 Å². The molecule has 1 aromatic carbocycles. The minimum Gasteiger partial charge on any atom is -0.467 e. The average Bonchev–Trinajstić information content (AvgIpc) is 3.20. The fraction of sp³-hybridized carbons (Fsp3) is 0.235. The van der Waals surface area contributed by atoms with Gasteiger partial charge in [0.2, 0.25) is 0 Å². The summed E-state index contributed by atoms with van der Waals surface area (Å²) in [4.78, 5) is 38.0. The Morgan fingerprint density at radius 2 is 1.96 bits per heavy atom.